The third kappa shape index (κ3) is 5.95. The van der Waals surface area contributed by atoms with Crippen LogP contribution in [0.3, 0.4) is 0 Å². The molecule has 0 saturated carbocycles. The fourth-order valence-electron chi connectivity index (χ4n) is 5.24. The van der Waals surface area contributed by atoms with E-state index in [0.29, 0.717) is 39.4 Å². The Bertz CT molecular complexity index is 2260. The SMILES string of the molecule is CCS(=O)(=O)c1nc(NCc2noc(C)n2)c2c3c(c(-c4ccc(F)c5sc(NC(=O)OC(C)(C)C)c(C#N)c45)c(Cl)c2n1)COC3. The Kier molecular flexibility index (Phi) is 8.29. The summed E-state index contributed by atoms with van der Waals surface area (Å²) in [6.45, 7) is 8.46. The summed E-state index contributed by atoms with van der Waals surface area (Å²) in [5.74, 6) is -0.0517. The van der Waals surface area contributed by atoms with Crippen LogP contribution in [0.25, 0.3) is 32.1 Å². The van der Waals surface area contributed by atoms with Gasteiger partial charge >= 0.3 is 6.09 Å². The van der Waals surface area contributed by atoms with Gasteiger partial charge in [0.05, 0.1) is 51.7 Å². The number of nitrogens with one attached hydrogen (secondary N) is 2. The molecule has 1 aliphatic rings. The van der Waals surface area contributed by atoms with Gasteiger partial charge in [-0.2, -0.15) is 10.2 Å². The number of carbonyl (C=O) groups excluding carboxylic acids is 1. The number of thiophene rings is 1. The fourth-order valence-corrected chi connectivity index (χ4v) is 7.37. The lowest BCUT2D eigenvalue weighted by Crippen LogP contribution is -2.27. The fraction of sp³-hybridized carbons (Fsp3) is 0.333. The Morgan fingerprint density at radius 3 is 2.60 bits per heavy atom. The van der Waals surface area contributed by atoms with Crippen LogP contribution in [-0.2, 0) is 39.1 Å². The van der Waals surface area contributed by atoms with Crippen molar-refractivity contribution in [1.82, 2.24) is 20.1 Å². The van der Waals surface area contributed by atoms with Gasteiger partial charge in [0.1, 0.15) is 28.3 Å². The van der Waals surface area contributed by atoms with E-state index in [4.69, 9.17) is 25.6 Å². The molecule has 6 rings (SSSR count). The molecule has 2 N–H and O–H groups in total. The molecule has 47 heavy (non-hydrogen) atoms. The molecular weight excluding hydrogens is 673 g/mol. The summed E-state index contributed by atoms with van der Waals surface area (Å²) in [4.78, 5) is 25.6. The summed E-state index contributed by atoms with van der Waals surface area (Å²) in [6, 6.07) is 4.81. The predicted octanol–water partition coefficient (Wildman–Crippen LogP) is 6.65. The molecule has 0 radical (unpaired) electrons. The highest BCUT2D eigenvalue weighted by molar-refractivity contribution is 7.91. The van der Waals surface area contributed by atoms with Crippen molar-refractivity contribution in [3.63, 3.8) is 0 Å². The average molecular weight is 700 g/mol. The summed E-state index contributed by atoms with van der Waals surface area (Å²) in [7, 11) is -3.92. The molecule has 0 spiro atoms. The molecule has 1 amide bonds. The van der Waals surface area contributed by atoms with E-state index >= 15 is 4.39 Å². The number of hydrogen-bond acceptors (Lipinski definition) is 13. The highest BCUT2D eigenvalue weighted by atomic mass is 35.5. The van der Waals surface area contributed by atoms with Crippen molar-refractivity contribution in [2.24, 2.45) is 0 Å². The van der Waals surface area contributed by atoms with E-state index in [9.17, 15) is 18.5 Å². The molecule has 0 unspecified atom stereocenters. The summed E-state index contributed by atoms with van der Waals surface area (Å²) < 4.78 is 57.8. The Morgan fingerprint density at radius 1 is 1.19 bits per heavy atom. The molecule has 5 aromatic rings. The summed E-state index contributed by atoms with van der Waals surface area (Å²) in [5, 5.41) is 20.1. The minimum atomic E-state index is -3.92. The zero-order chi connectivity index (χ0) is 33.8. The molecule has 1 aliphatic heterocycles. The maximum atomic E-state index is 15.3. The van der Waals surface area contributed by atoms with Crippen molar-refractivity contribution in [1.29, 1.82) is 5.26 Å². The third-order valence-corrected chi connectivity index (χ3v) is 10.2. The number of fused-ring (bicyclic) bond motifs is 4. The molecule has 2 aromatic carbocycles. The Labute approximate surface area is 277 Å². The number of hydrogen-bond donors (Lipinski definition) is 2. The second-order valence-electron chi connectivity index (χ2n) is 11.5. The second-order valence-corrected chi connectivity index (χ2v) is 15.1. The van der Waals surface area contributed by atoms with Gasteiger partial charge in [-0.15, -0.1) is 11.3 Å². The molecule has 3 aromatic heterocycles. The summed E-state index contributed by atoms with van der Waals surface area (Å²) in [6.07, 6.45) is -0.807. The van der Waals surface area contributed by atoms with Gasteiger partial charge in [0, 0.05) is 17.9 Å². The largest absolute Gasteiger partial charge is 0.444 e. The van der Waals surface area contributed by atoms with Crippen LogP contribution >= 0.6 is 22.9 Å². The Hall–Kier alpha value is -4.43. The number of benzene rings is 2. The number of nitrogens with zero attached hydrogens (tertiary/aromatic N) is 5. The van der Waals surface area contributed by atoms with Crippen molar-refractivity contribution in [3.8, 4) is 17.2 Å². The van der Waals surface area contributed by atoms with Crippen LogP contribution in [-0.4, -0.2) is 46.0 Å². The number of ether oxygens (including phenoxy) is 2. The first kappa shape index (κ1) is 32.5. The molecule has 17 heteroatoms. The van der Waals surface area contributed by atoms with Crippen molar-refractivity contribution in [2.75, 3.05) is 16.4 Å². The van der Waals surface area contributed by atoms with E-state index in [1.165, 1.54) is 19.1 Å². The second kappa shape index (κ2) is 12.0. The van der Waals surface area contributed by atoms with Gasteiger partial charge in [-0.3, -0.25) is 5.32 Å². The van der Waals surface area contributed by atoms with E-state index in [1.54, 1.807) is 27.7 Å². The third-order valence-electron chi connectivity index (χ3n) is 7.20. The maximum absolute atomic E-state index is 15.3. The highest BCUT2D eigenvalue weighted by Gasteiger charge is 2.32. The van der Waals surface area contributed by atoms with E-state index in [-0.39, 0.29) is 62.5 Å². The van der Waals surface area contributed by atoms with E-state index < -0.39 is 32.5 Å². The van der Waals surface area contributed by atoms with Crippen LogP contribution in [0, 0.1) is 24.1 Å². The Balaban J connectivity index is 1.61. The summed E-state index contributed by atoms with van der Waals surface area (Å²) in [5.41, 5.74) is 1.31. The molecule has 0 fully saturated rings. The van der Waals surface area contributed by atoms with Crippen molar-refractivity contribution in [2.45, 2.75) is 65.1 Å². The van der Waals surface area contributed by atoms with Gasteiger partial charge in [-0.25, -0.2) is 27.6 Å². The molecule has 0 saturated heterocycles. The zero-order valence-corrected chi connectivity index (χ0v) is 28.1. The number of rotatable bonds is 7. The quantitative estimate of drug-likeness (QED) is 0.173. The Morgan fingerprint density at radius 2 is 1.94 bits per heavy atom. The molecule has 4 heterocycles. The predicted molar refractivity (Wildman–Crippen MR) is 172 cm³/mol. The monoisotopic (exact) mass is 699 g/mol. The standard InChI is InChI=1S/C30H27ClFN7O6S2/c1-6-47(41,42)28-36-24-22(26(37-28)34-10-19-35-13(2)45-39-19)17-12-43-11-16(17)20(23(24)31)14-7-8-18(32)25-21(14)15(9-33)27(46-25)38-29(40)44-30(3,4)5/h7-8H,6,10-12H2,1-5H3,(H,38,40)(H,34,36,37). The first-order chi connectivity index (χ1) is 22.2. The number of carbonyl (C=O) groups is 1. The molecule has 244 valence electrons. The molecule has 13 nitrogen and oxygen atoms in total. The first-order valence-corrected chi connectivity index (χ1v) is 17.1. The number of aromatic nitrogens is 4. The van der Waals surface area contributed by atoms with Crippen LogP contribution < -0.4 is 10.6 Å². The van der Waals surface area contributed by atoms with Crippen LogP contribution in [0.1, 0.15) is 56.1 Å². The average Bonchev–Trinajstić information content (AvgIpc) is 3.74. The number of halogens is 2. The van der Waals surface area contributed by atoms with Gasteiger partial charge in [-0.05, 0) is 43.5 Å². The number of amides is 1. The van der Waals surface area contributed by atoms with Crippen molar-refractivity contribution in [3.05, 3.63) is 51.4 Å². The number of anilines is 2. The van der Waals surface area contributed by atoms with E-state index in [1.807, 2.05) is 0 Å². The minimum absolute atomic E-state index is 0.00360. The topological polar surface area (TPSA) is 182 Å². The highest BCUT2D eigenvalue weighted by Crippen LogP contribution is 2.49. The normalized spacial score (nSPS) is 13.1. The van der Waals surface area contributed by atoms with Crippen LogP contribution in [0.2, 0.25) is 5.02 Å². The van der Waals surface area contributed by atoms with Crippen molar-refractivity contribution >= 4 is 70.7 Å². The van der Waals surface area contributed by atoms with Gasteiger partial charge < -0.3 is 19.3 Å². The number of sulfone groups is 1. The van der Waals surface area contributed by atoms with Gasteiger partial charge in [0.2, 0.25) is 20.9 Å². The van der Waals surface area contributed by atoms with Gasteiger partial charge in [0.15, 0.2) is 5.82 Å². The number of aryl methyl sites for hydroxylation is 1. The minimum Gasteiger partial charge on any atom is -0.444 e. The van der Waals surface area contributed by atoms with E-state index in [2.05, 4.69) is 36.8 Å². The lowest BCUT2D eigenvalue weighted by Gasteiger charge is -2.19. The van der Waals surface area contributed by atoms with Gasteiger partial charge in [-0.1, -0.05) is 29.7 Å². The molecule has 0 aliphatic carbocycles. The van der Waals surface area contributed by atoms with Crippen LogP contribution in [0.15, 0.2) is 21.8 Å². The molecule has 0 bridgehead atoms. The lowest BCUT2D eigenvalue weighted by atomic mass is 9.91. The lowest BCUT2D eigenvalue weighted by molar-refractivity contribution is 0.0636. The molecule has 0 atom stereocenters. The van der Waals surface area contributed by atoms with Crippen LogP contribution in [0.5, 0.6) is 0 Å². The maximum Gasteiger partial charge on any atom is 0.412 e. The smallest absolute Gasteiger partial charge is 0.412 e. The first-order valence-electron chi connectivity index (χ1n) is 14.3. The summed E-state index contributed by atoms with van der Waals surface area (Å²) >= 11 is 8.03. The van der Waals surface area contributed by atoms with Gasteiger partial charge in [0.25, 0.3) is 0 Å². The van der Waals surface area contributed by atoms with E-state index in [0.717, 1.165) is 11.3 Å². The molecular formula is C30H27ClFN7O6S2. The van der Waals surface area contributed by atoms with Crippen molar-refractivity contribution < 1.29 is 31.6 Å². The number of nitriles is 1. The zero-order valence-electron chi connectivity index (χ0n) is 25.7. The van der Waals surface area contributed by atoms with Crippen LogP contribution in [0.4, 0.5) is 20.0 Å².